The lowest BCUT2D eigenvalue weighted by Gasteiger charge is -2.43. The number of carbonyl (C=O) groups excluding carboxylic acids is 3. The van der Waals surface area contributed by atoms with E-state index in [4.69, 9.17) is 4.74 Å². The second-order valence-electron chi connectivity index (χ2n) is 10.7. The molecule has 3 rings (SSSR count). The van der Waals surface area contributed by atoms with Crippen LogP contribution in [0.4, 0.5) is 0 Å². The quantitative estimate of drug-likeness (QED) is 0.312. The van der Waals surface area contributed by atoms with E-state index in [9.17, 15) is 19.5 Å². The van der Waals surface area contributed by atoms with Crippen molar-refractivity contribution in [2.45, 2.75) is 81.0 Å². The Balaban J connectivity index is 2.08. The maximum absolute atomic E-state index is 14.1. The fourth-order valence-electron chi connectivity index (χ4n) is 5.87. The summed E-state index contributed by atoms with van der Waals surface area (Å²) in [5.41, 5.74) is -0.481. The smallest absolute Gasteiger partial charge is 0.311 e. The number of likely N-dealkylation sites (tertiary alicyclic amines) is 1. The van der Waals surface area contributed by atoms with E-state index in [-0.39, 0.29) is 31.0 Å². The third-order valence-electron chi connectivity index (χ3n) is 7.40. The minimum Gasteiger partial charge on any atom is -0.465 e. The van der Waals surface area contributed by atoms with Gasteiger partial charge in [0.2, 0.25) is 11.8 Å². The van der Waals surface area contributed by atoms with Gasteiger partial charge in [-0.15, -0.1) is 24.9 Å². The molecule has 3 aliphatic rings. The van der Waals surface area contributed by atoms with E-state index >= 15 is 0 Å². The number of aliphatic hydroxyl groups is 1. The van der Waals surface area contributed by atoms with Crippen molar-refractivity contribution in [3.05, 3.63) is 25.3 Å². The highest BCUT2D eigenvalue weighted by Gasteiger charge is 2.78. The zero-order valence-electron chi connectivity index (χ0n) is 20.5. The van der Waals surface area contributed by atoms with Crippen LogP contribution in [0.5, 0.6) is 0 Å². The fourth-order valence-corrected chi connectivity index (χ4v) is 8.19. The number of amides is 2. The Morgan fingerprint density at radius 2 is 2.00 bits per heavy atom. The van der Waals surface area contributed by atoms with E-state index in [1.54, 1.807) is 40.6 Å². The molecule has 2 amide bonds. The van der Waals surface area contributed by atoms with Crippen molar-refractivity contribution in [2.75, 3.05) is 19.8 Å². The van der Waals surface area contributed by atoms with Crippen molar-refractivity contribution < 1.29 is 24.2 Å². The van der Waals surface area contributed by atoms with Crippen molar-refractivity contribution in [1.29, 1.82) is 0 Å². The maximum atomic E-state index is 14.1. The van der Waals surface area contributed by atoms with Crippen molar-refractivity contribution in [1.82, 2.24) is 9.80 Å². The Bertz CT molecular complexity index is 839. The molecule has 2 unspecified atom stereocenters. The molecule has 0 aromatic rings. The van der Waals surface area contributed by atoms with E-state index in [1.807, 2.05) is 27.7 Å². The number of fused-ring (bicyclic) bond motifs is 1. The highest BCUT2D eigenvalue weighted by atomic mass is 32.2. The number of ether oxygens (including phenoxy) is 1. The van der Waals surface area contributed by atoms with Crippen LogP contribution in [-0.4, -0.2) is 79.6 Å². The monoisotopic (exact) mass is 478 g/mol. The molecule has 0 aromatic heterocycles. The van der Waals surface area contributed by atoms with Crippen molar-refractivity contribution in [3.63, 3.8) is 0 Å². The molecule has 0 saturated carbocycles. The van der Waals surface area contributed by atoms with E-state index in [0.29, 0.717) is 19.4 Å². The summed E-state index contributed by atoms with van der Waals surface area (Å²) in [4.78, 5) is 44.5. The summed E-state index contributed by atoms with van der Waals surface area (Å²) in [6, 6.07) is -1.30. The highest BCUT2D eigenvalue weighted by molar-refractivity contribution is 8.02. The van der Waals surface area contributed by atoms with Crippen LogP contribution in [-0.2, 0) is 19.1 Å². The van der Waals surface area contributed by atoms with Gasteiger partial charge in [-0.25, -0.2) is 0 Å². The van der Waals surface area contributed by atoms with Gasteiger partial charge < -0.3 is 19.6 Å². The van der Waals surface area contributed by atoms with Crippen LogP contribution in [0.3, 0.4) is 0 Å². The van der Waals surface area contributed by atoms with Gasteiger partial charge in [0.1, 0.15) is 6.04 Å². The minimum absolute atomic E-state index is 0.157. The van der Waals surface area contributed by atoms with Crippen molar-refractivity contribution in [3.8, 4) is 0 Å². The number of rotatable bonds is 9. The molecule has 3 saturated heterocycles. The topological polar surface area (TPSA) is 87.1 Å². The Kier molecular flexibility index (Phi) is 7.12. The summed E-state index contributed by atoms with van der Waals surface area (Å²) in [6.07, 6.45) is 5.31. The summed E-state index contributed by atoms with van der Waals surface area (Å²) >= 11 is 1.61. The molecular formula is C25H38N2O5S. The van der Waals surface area contributed by atoms with Crippen LogP contribution in [0.25, 0.3) is 0 Å². The predicted molar refractivity (Wildman–Crippen MR) is 130 cm³/mol. The third-order valence-corrected chi connectivity index (χ3v) is 9.38. The number of esters is 1. The first-order chi connectivity index (χ1) is 15.4. The molecular weight excluding hydrogens is 440 g/mol. The standard InChI is InChI=1S/C25H38N2O5S/c1-8-10-14-32-22(31)18-17-20(29)27(16(3)15-28)19(25(17)12-11-24(18,7)33-25)21(30)26(13-9-2)23(4,5)6/h8-9,16-19,28H,1-2,10-15H2,3-7H3/t16-,17+,18+,19?,24-,25?/m1/s1. The van der Waals surface area contributed by atoms with E-state index in [0.717, 1.165) is 6.42 Å². The number of hydrogen-bond acceptors (Lipinski definition) is 6. The molecule has 8 heteroatoms. The van der Waals surface area contributed by atoms with E-state index in [2.05, 4.69) is 13.2 Å². The summed E-state index contributed by atoms with van der Waals surface area (Å²) in [5, 5.41) is 9.97. The number of thioether (sulfide) groups is 1. The molecule has 3 heterocycles. The van der Waals surface area contributed by atoms with Gasteiger partial charge in [0, 0.05) is 16.8 Å². The molecule has 7 nitrogen and oxygen atoms in total. The largest absolute Gasteiger partial charge is 0.465 e. The number of nitrogens with zero attached hydrogens (tertiary/aromatic N) is 2. The van der Waals surface area contributed by atoms with E-state index in [1.165, 1.54) is 0 Å². The minimum atomic E-state index is -0.755. The van der Waals surface area contributed by atoms with Gasteiger partial charge in [0.25, 0.3) is 0 Å². The van der Waals surface area contributed by atoms with Crippen LogP contribution in [0.2, 0.25) is 0 Å². The van der Waals surface area contributed by atoms with Crippen LogP contribution >= 0.6 is 11.8 Å². The Morgan fingerprint density at radius 1 is 1.33 bits per heavy atom. The lowest BCUT2D eigenvalue weighted by atomic mass is 9.66. The van der Waals surface area contributed by atoms with Crippen LogP contribution in [0, 0.1) is 11.8 Å². The van der Waals surface area contributed by atoms with Gasteiger partial charge in [0.15, 0.2) is 0 Å². The lowest BCUT2D eigenvalue weighted by molar-refractivity contribution is -0.156. The molecule has 2 bridgehead atoms. The Morgan fingerprint density at radius 3 is 2.55 bits per heavy atom. The summed E-state index contributed by atoms with van der Waals surface area (Å²) in [5.74, 6) is -2.04. The van der Waals surface area contributed by atoms with E-state index < -0.39 is 39.0 Å². The molecule has 184 valence electrons. The molecule has 0 aliphatic carbocycles. The van der Waals surface area contributed by atoms with Crippen molar-refractivity contribution in [2.24, 2.45) is 11.8 Å². The molecule has 3 aliphatic heterocycles. The van der Waals surface area contributed by atoms with Crippen LogP contribution in [0.15, 0.2) is 25.3 Å². The van der Waals surface area contributed by atoms with Crippen molar-refractivity contribution >= 4 is 29.5 Å². The van der Waals surface area contributed by atoms with Gasteiger partial charge in [0.05, 0.1) is 35.8 Å². The molecule has 33 heavy (non-hydrogen) atoms. The molecule has 0 aromatic carbocycles. The lowest BCUT2D eigenvalue weighted by Crippen LogP contribution is -2.60. The van der Waals surface area contributed by atoms with Gasteiger partial charge in [-0.2, -0.15) is 0 Å². The van der Waals surface area contributed by atoms with Gasteiger partial charge in [-0.05, 0) is 53.9 Å². The zero-order chi connectivity index (χ0) is 24.8. The van der Waals surface area contributed by atoms with Gasteiger partial charge >= 0.3 is 5.97 Å². The average Bonchev–Trinajstić information content (AvgIpc) is 3.31. The number of carbonyl (C=O) groups is 3. The first-order valence-electron chi connectivity index (χ1n) is 11.7. The van der Waals surface area contributed by atoms with Gasteiger partial charge in [-0.1, -0.05) is 12.2 Å². The Labute approximate surface area is 201 Å². The second-order valence-corrected chi connectivity index (χ2v) is 12.6. The van der Waals surface area contributed by atoms with Gasteiger partial charge in [-0.3, -0.25) is 14.4 Å². The molecule has 1 spiro atoms. The molecule has 1 N–H and O–H groups in total. The highest BCUT2D eigenvalue weighted by Crippen LogP contribution is 2.71. The molecule has 6 atom stereocenters. The fraction of sp³-hybridized carbons (Fsp3) is 0.720. The average molecular weight is 479 g/mol. The summed E-state index contributed by atoms with van der Waals surface area (Å²) in [7, 11) is 0. The van der Waals surface area contributed by atoms with Crippen LogP contribution in [0.1, 0.15) is 53.9 Å². The third kappa shape index (κ3) is 4.03. The maximum Gasteiger partial charge on any atom is 0.311 e. The summed E-state index contributed by atoms with van der Waals surface area (Å²) in [6.45, 7) is 17.4. The molecule has 3 fully saturated rings. The first kappa shape index (κ1) is 25.8. The van der Waals surface area contributed by atoms with Crippen LogP contribution < -0.4 is 0 Å². The predicted octanol–water partition coefficient (Wildman–Crippen LogP) is 2.78. The zero-order valence-corrected chi connectivity index (χ0v) is 21.3. The molecule has 0 radical (unpaired) electrons. The second kappa shape index (κ2) is 9.10. The first-order valence-corrected chi connectivity index (χ1v) is 12.5. The Hall–Kier alpha value is -1.80. The normalized spacial score (nSPS) is 33.6. The number of hydrogen-bond donors (Lipinski definition) is 1. The SMILES string of the molecule is C=CCCOC(=O)[C@@H]1[C@H]2C(=O)N([C@H](C)CO)C(C(=O)N(CC=C)C(C)(C)C)C23CC[C@@]1(C)S3. The summed E-state index contributed by atoms with van der Waals surface area (Å²) < 4.78 is 4.35. The number of aliphatic hydroxyl groups excluding tert-OH is 1.